The Kier molecular flexibility index (Phi) is 5.63. The number of carbonyl (C=O) groups is 1. The van der Waals surface area contributed by atoms with E-state index in [1.165, 1.54) is 11.6 Å². The van der Waals surface area contributed by atoms with E-state index < -0.39 is 39.5 Å². The van der Waals surface area contributed by atoms with Gasteiger partial charge in [-0.1, -0.05) is 0 Å². The molecule has 108 valence electrons. The van der Waals surface area contributed by atoms with Gasteiger partial charge in [-0.3, -0.25) is 4.79 Å². The highest BCUT2D eigenvalue weighted by molar-refractivity contribution is 7.89. The van der Waals surface area contributed by atoms with Gasteiger partial charge in [0.25, 0.3) is 10.0 Å². The molecule has 9 heteroatoms. The fourth-order valence-corrected chi connectivity index (χ4v) is 1.95. The Morgan fingerprint density at radius 3 is 2.06 bits per heavy atom. The van der Waals surface area contributed by atoms with Crippen molar-refractivity contribution in [2.75, 3.05) is 0 Å². The monoisotopic (exact) mass is 289 g/mol. The summed E-state index contributed by atoms with van der Waals surface area (Å²) >= 11 is 0. The van der Waals surface area contributed by atoms with E-state index in [1.807, 2.05) is 0 Å². The van der Waals surface area contributed by atoms with Crippen LogP contribution in [-0.4, -0.2) is 43.0 Å². The molecule has 0 radical (unpaired) electrons. The molecule has 0 bridgehead atoms. The van der Waals surface area contributed by atoms with Crippen LogP contribution in [0.3, 0.4) is 0 Å². The summed E-state index contributed by atoms with van der Waals surface area (Å²) in [7, 11) is -4.99. The number of hydrogen-bond acceptors (Lipinski definition) is 4. The first-order valence-corrected chi connectivity index (χ1v) is 6.61. The minimum Gasteiger partial charge on any atom is -0.480 e. The van der Waals surface area contributed by atoms with Crippen LogP contribution in [0.15, 0.2) is 0 Å². The maximum absolute atomic E-state index is 12.2. The Hall–Kier alpha value is -0.800. The van der Waals surface area contributed by atoms with E-state index in [0.29, 0.717) is 0 Å². The zero-order chi connectivity index (χ0) is 14.7. The minimum atomic E-state index is -4.99. The van der Waals surface area contributed by atoms with Crippen LogP contribution in [-0.2, 0) is 19.6 Å². The molecule has 0 aromatic carbocycles. The minimum absolute atomic E-state index is 0.733. The molecule has 18 heavy (non-hydrogen) atoms. The molecular formula is C9H17F2NO5S. The highest BCUT2D eigenvalue weighted by Crippen LogP contribution is 2.14. The van der Waals surface area contributed by atoms with Crippen molar-refractivity contribution >= 4 is 16.0 Å². The van der Waals surface area contributed by atoms with Crippen molar-refractivity contribution in [3.05, 3.63) is 0 Å². The molecule has 0 fully saturated rings. The highest BCUT2D eigenvalue weighted by Gasteiger charge is 2.36. The van der Waals surface area contributed by atoms with Gasteiger partial charge < -0.3 is 9.84 Å². The van der Waals surface area contributed by atoms with E-state index in [1.54, 1.807) is 20.8 Å². The number of sulfonamides is 1. The first kappa shape index (κ1) is 17.2. The van der Waals surface area contributed by atoms with E-state index in [2.05, 4.69) is 0 Å². The van der Waals surface area contributed by atoms with Gasteiger partial charge in [0, 0.05) is 0 Å². The van der Waals surface area contributed by atoms with Crippen LogP contribution in [0.1, 0.15) is 27.7 Å². The van der Waals surface area contributed by atoms with E-state index in [9.17, 15) is 22.0 Å². The Morgan fingerprint density at radius 1 is 1.33 bits per heavy atom. The molecule has 0 unspecified atom stereocenters. The number of halogens is 2. The predicted octanol–water partition coefficient (Wildman–Crippen LogP) is 0.785. The molecule has 2 atom stereocenters. The standard InChI is InChI=1S/C9H17F2NO5S/c1-5(17-9(2,3)4)6(7(13)14)12-18(15,16)8(10)11/h5-6,8,12H,1-4H3,(H,13,14)/t5-,6+/m1/s1. The topological polar surface area (TPSA) is 92.7 Å². The van der Waals surface area contributed by atoms with E-state index in [4.69, 9.17) is 9.84 Å². The van der Waals surface area contributed by atoms with E-state index in [0.717, 1.165) is 0 Å². The molecule has 0 amide bonds. The number of aliphatic carboxylic acids is 1. The lowest BCUT2D eigenvalue weighted by Crippen LogP contribution is -2.51. The van der Waals surface area contributed by atoms with Crippen molar-refractivity contribution in [2.24, 2.45) is 0 Å². The van der Waals surface area contributed by atoms with Crippen LogP contribution in [0.4, 0.5) is 8.78 Å². The maximum Gasteiger partial charge on any atom is 0.350 e. The van der Waals surface area contributed by atoms with Crippen molar-refractivity contribution in [3.63, 3.8) is 0 Å². The highest BCUT2D eigenvalue weighted by atomic mass is 32.2. The van der Waals surface area contributed by atoms with Crippen molar-refractivity contribution in [1.82, 2.24) is 4.72 Å². The van der Waals surface area contributed by atoms with Gasteiger partial charge in [0.2, 0.25) is 0 Å². The summed E-state index contributed by atoms with van der Waals surface area (Å²) in [5.41, 5.74) is -0.733. The average Bonchev–Trinajstić information content (AvgIpc) is 2.10. The maximum atomic E-state index is 12.2. The summed E-state index contributed by atoms with van der Waals surface area (Å²) in [6.45, 7) is 6.18. The molecule has 0 aromatic rings. The number of hydrogen-bond donors (Lipinski definition) is 2. The van der Waals surface area contributed by atoms with Crippen LogP contribution in [0.5, 0.6) is 0 Å². The van der Waals surface area contributed by atoms with Gasteiger partial charge in [0.15, 0.2) is 0 Å². The second-order valence-corrected chi connectivity index (χ2v) is 6.36. The number of carboxylic acids is 1. The van der Waals surface area contributed by atoms with Crippen LogP contribution >= 0.6 is 0 Å². The van der Waals surface area contributed by atoms with Crippen molar-refractivity contribution in [1.29, 1.82) is 0 Å². The van der Waals surface area contributed by atoms with Crippen molar-refractivity contribution in [2.45, 2.75) is 51.2 Å². The van der Waals surface area contributed by atoms with E-state index in [-0.39, 0.29) is 0 Å². The van der Waals surface area contributed by atoms with Crippen molar-refractivity contribution < 1.29 is 31.8 Å². The van der Waals surface area contributed by atoms with Gasteiger partial charge in [-0.2, -0.15) is 13.5 Å². The van der Waals surface area contributed by atoms with Crippen LogP contribution in [0, 0.1) is 0 Å². The lowest BCUT2D eigenvalue weighted by atomic mass is 10.1. The lowest BCUT2D eigenvalue weighted by Gasteiger charge is -2.29. The van der Waals surface area contributed by atoms with Gasteiger partial charge >= 0.3 is 11.7 Å². The number of carboxylic acid groups (broad SMARTS) is 1. The summed E-state index contributed by atoms with van der Waals surface area (Å²) in [6.07, 6.45) is -1.10. The molecule has 0 saturated heterocycles. The zero-order valence-corrected chi connectivity index (χ0v) is 11.3. The molecule has 0 heterocycles. The third-order valence-electron chi connectivity index (χ3n) is 1.80. The van der Waals surface area contributed by atoms with Crippen LogP contribution in [0.25, 0.3) is 0 Å². The average molecular weight is 289 g/mol. The van der Waals surface area contributed by atoms with Gasteiger partial charge in [-0.05, 0) is 27.7 Å². The molecule has 0 aliphatic carbocycles. The Labute approximate surface area is 104 Å². The lowest BCUT2D eigenvalue weighted by molar-refractivity contribution is -0.146. The van der Waals surface area contributed by atoms with E-state index >= 15 is 0 Å². The molecule has 0 saturated carbocycles. The van der Waals surface area contributed by atoms with Crippen LogP contribution in [0.2, 0.25) is 0 Å². The second-order valence-electron chi connectivity index (χ2n) is 4.67. The molecule has 0 rings (SSSR count). The van der Waals surface area contributed by atoms with Gasteiger partial charge in [0.1, 0.15) is 6.04 Å². The Balaban J connectivity index is 4.95. The predicted molar refractivity (Wildman–Crippen MR) is 59.8 cm³/mol. The fourth-order valence-electron chi connectivity index (χ4n) is 1.20. The number of rotatable bonds is 6. The molecule has 0 spiro atoms. The Bertz CT molecular complexity index is 390. The smallest absolute Gasteiger partial charge is 0.350 e. The number of nitrogens with one attached hydrogen (secondary N) is 1. The number of ether oxygens (including phenoxy) is 1. The van der Waals surface area contributed by atoms with Crippen molar-refractivity contribution in [3.8, 4) is 0 Å². The Morgan fingerprint density at radius 2 is 1.78 bits per heavy atom. The molecule has 6 nitrogen and oxygen atoms in total. The second kappa shape index (κ2) is 5.89. The third kappa shape index (κ3) is 5.69. The molecule has 0 aliphatic rings. The third-order valence-corrected chi connectivity index (χ3v) is 2.85. The molecule has 0 aliphatic heterocycles. The molecule has 2 N–H and O–H groups in total. The fraction of sp³-hybridized carbons (Fsp3) is 0.889. The SMILES string of the molecule is C[C@@H](OC(C)(C)C)[C@H](NS(=O)(=O)C(F)F)C(=O)O. The first-order chi connectivity index (χ1) is 7.87. The first-order valence-electron chi connectivity index (χ1n) is 5.07. The van der Waals surface area contributed by atoms with Gasteiger partial charge in [0.05, 0.1) is 11.7 Å². The van der Waals surface area contributed by atoms with Gasteiger partial charge in [-0.25, -0.2) is 8.42 Å². The summed E-state index contributed by atoms with van der Waals surface area (Å²) in [6, 6.07) is -1.77. The molecular weight excluding hydrogens is 272 g/mol. The largest absolute Gasteiger partial charge is 0.480 e. The summed E-state index contributed by atoms with van der Waals surface area (Å²) in [5, 5.41) is 8.83. The summed E-state index contributed by atoms with van der Waals surface area (Å²) < 4.78 is 52.8. The van der Waals surface area contributed by atoms with Crippen LogP contribution < -0.4 is 4.72 Å². The zero-order valence-electron chi connectivity index (χ0n) is 10.5. The van der Waals surface area contributed by atoms with Gasteiger partial charge in [-0.15, -0.1) is 0 Å². The number of alkyl halides is 2. The quantitative estimate of drug-likeness (QED) is 0.754. The summed E-state index contributed by atoms with van der Waals surface area (Å²) in [5.74, 6) is -5.28. The normalized spacial score (nSPS) is 16.6. The summed E-state index contributed by atoms with van der Waals surface area (Å²) in [4.78, 5) is 10.9. The molecule has 0 aromatic heterocycles.